The fourth-order valence-corrected chi connectivity index (χ4v) is 1.92. The lowest BCUT2D eigenvalue weighted by molar-refractivity contribution is -0.384. The van der Waals surface area contributed by atoms with Crippen molar-refractivity contribution in [2.45, 2.75) is 45.7 Å². The Balaban J connectivity index is 2.80. The summed E-state index contributed by atoms with van der Waals surface area (Å²) in [4.78, 5) is 32.9. The van der Waals surface area contributed by atoms with Crippen LogP contribution in [0.15, 0.2) is 12.3 Å². The lowest BCUT2D eigenvalue weighted by Gasteiger charge is -2.13. The number of carbonyl (C=O) groups excluding carboxylic acids is 1. The van der Waals surface area contributed by atoms with Gasteiger partial charge in [-0.05, 0) is 19.8 Å². The molecule has 1 unspecified atom stereocenters. The van der Waals surface area contributed by atoms with Crippen LogP contribution in [-0.4, -0.2) is 32.5 Å². The summed E-state index contributed by atoms with van der Waals surface area (Å²) in [5.74, 6) is -1.37. The van der Waals surface area contributed by atoms with Crippen molar-refractivity contribution in [3.63, 3.8) is 0 Å². The molecule has 8 heteroatoms. The molecule has 0 spiro atoms. The molecule has 0 aromatic carbocycles. The number of nitro groups is 1. The number of hydrogen-bond acceptors (Lipinski definition) is 4. The fraction of sp³-hybridized carbons (Fsp3) is 0.538. The van der Waals surface area contributed by atoms with Gasteiger partial charge in [-0.25, -0.2) is 0 Å². The number of nitrogens with zero attached hydrogens (tertiary/aromatic N) is 2. The first-order valence-corrected chi connectivity index (χ1v) is 6.72. The Hall–Kier alpha value is -2.38. The molecule has 0 saturated carbocycles. The van der Waals surface area contributed by atoms with Crippen LogP contribution in [0.5, 0.6) is 0 Å². The van der Waals surface area contributed by atoms with Crippen LogP contribution >= 0.6 is 0 Å². The van der Waals surface area contributed by atoms with Crippen molar-refractivity contribution in [1.82, 2.24) is 9.88 Å². The van der Waals surface area contributed by atoms with E-state index in [1.807, 2.05) is 6.92 Å². The Morgan fingerprint density at radius 3 is 2.71 bits per heavy atom. The zero-order valence-corrected chi connectivity index (χ0v) is 12.0. The SMILES string of the molecule is CCCn1cc([N+](=O)[O-])cc1C(=O)NC(C)CCC(=O)O. The molecule has 1 aromatic heterocycles. The van der Waals surface area contributed by atoms with Gasteiger partial charge in [-0.15, -0.1) is 0 Å². The van der Waals surface area contributed by atoms with E-state index in [1.54, 1.807) is 6.92 Å². The summed E-state index contributed by atoms with van der Waals surface area (Å²) in [6.45, 7) is 4.10. The van der Waals surface area contributed by atoms with Crippen molar-refractivity contribution in [3.05, 3.63) is 28.1 Å². The Labute approximate surface area is 121 Å². The minimum Gasteiger partial charge on any atom is -0.481 e. The predicted octanol–water partition coefficient (Wildman–Crippen LogP) is 1.79. The van der Waals surface area contributed by atoms with Crippen LogP contribution in [0.3, 0.4) is 0 Å². The van der Waals surface area contributed by atoms with Gasteiger partial charge in [0.15, 0.2) is 0 Å². The highest BCUT2D eigenvalue weighted by Crippen LogP contribution is 2.17. The second-order valence-corrected chi connectivity index (χ2v) is 4.84. The van der Waals surface area contributed by atoms with E-state index in [2.05, 4.69) is 5.32 Å². The van der Waals surface area contributed by atoms with E-state index in [0.29, 0.717) is 13.0 Å². The zero-order valence-electron chi connectivity index (χ0n) is 12.0. The molecule has 2 N–H and O–H groups in total. The van der Waals surface area contributed by atoms with Gasteiger partial charge in [-0.1, -0.05) is 6.92 Å². The molecule has 1 atom stereocenters. The van der Waals surface area contributed by atoms with Crippen LogP contribution in [0.4, 0.5) is 5.69 Å². The van der Waals surface area contributed by atoms with Crippen LogP contribution in [0.2, 0.25) is 0 Å². The lowest BCUT2D eigenvalue weighted by atomic mass is 10.2. The average Bonchev–Trinajstić information content (AvgIpc) is 2.81. The van der Waals surface area contributed by atoms with Crippen molar-refractivity contribution in [1.29, 1.82) is 0 Å². The van der Waals surface area contributed by atoms with Crippen LogP contribution in [0.25, 0.3) is 0 Å². The van der Waals surface area contributed by atoms with E-state index >= 15 is 0 Å². The fourth-order valence-electron chi connectivity index (χ4n) is 1.92. The molecule has 1 amide bonds. The monoisotopic (exact) mass is 297 g/mol. The second-order valence-electron chi connectivity index (χ2n) is 4.84. The number of aromatic nitrogens is 1. The van der Waals surface area contributed by atoms with Crippen LogP contribution in [0, 0.1) is 10.1 Å². The molecular formula is C13H19N3O5. The molecule has 21 heavy (non-hydrogen) atoms. The Morgan fingerprint density at radius 1 is 1.52 bits per heavy atom. The third-order valence-electron chi connectivity index (χ3n) is 2.96. The van der Waals surface area contributed by atoms with Crippen molar-refractivity contribution in [3.8, 4) is 0 Å². The largest absolute Gasteiger partial charge is 0.481 e. The molecule has 1 heterocycles. The van der Waals surface area contributed by atoms with E-state index < -0.39 is 16.8 Å². The summed E-state index contributed by atoms with van der Waals surface area (Å²) >= 11 is 0. The molecule has 8 nitrogen and oxygen atoms in total. The van der Waals surface area contributed by atoms with Gasteiger partial charge in [-0.3, -0.25) is 19.7 Å². The first kappa shape index (κ1) is 16.7. The summed E-state index contributed by atoms with van der Waals surface area (Å²) in [6, 6.07) is 0.909. The Bertz CT molecular complexity index is 538. The number of nitrogens with one attached hydrogen (secondary N) is 1. The zero-order chi connectivity index (χ0) is 16.0. The molecule has 0 saturated heterocycles. The van der Waals surface area contributed by atoms with Gasteiger partial charge < -0.3 is 15.0 Å². The summed E-state index contributed by atoms with van der Waals surface area (Å²) in [5, 5.41) is 22.0. The van der Waals surface area contributed by atoms with Crippen LogP contribution in [-0.2, 0) is 11.3 Å². The van der Waals surface area contributed by atoms with E-state index in [1.165, 1.54) is 16.8 Å². The van der Waals surface area contributed by atoms with Gasteiger partial charge in [0.25, 0.3) is 11.6 Å². The van der Waals surface area contributed by atoms with Gasteiger partial charge in [0, 0.05) is 25.1 Å². The van der Waals surface area contributed by atoms with Crippen LogP contribution in [0.1, 0.15) is 43.6 Å². The highest BCUT2D eigenvalue weighted by atomic mass is 16.6. The molecule has 0 aliphatic carbocycles. The number of carboxylic acid groups (broad SMARTS) is 1. The second kappa shape index (κ2) is 7.41. The molecule has 1 aromatic rings. The Kier molecular flexibility index (Phi) is 5.89. The van der Waals surface area contributed by atoms with Crippen molar-refractivity contribution >= 4 is 17.6 Å². The van der Waals surface area contributed by atoms with E-state index in [4.69, 9.17) is 5.11 Å². The summed E-state index contributed by atoms with van der Waals surface area (Å²) in [6.07, 6.45) is 2.33. The third-order valence-corrected chi connectivity index (χ3v) is 2.96. The predicted molar refractivity (Wildman–Crippen MR) is 75.2 cm³/mol. The quantitative estimate of drug-likeness (QED) is 0.560. The number of rotatable bonds is 8. The standard InChI is InChI=1S/C13H19N3O5/c1-3-6-15-8-10(16(20)21)7-11(15)13(19)14-9(2)4-5-12(17)18/h7-9H,3-6H2,1-2H3,(H,14,19)(H,17,18). The minimum absolute atomic E-state index is 0.0441. The Morgan fingerprint density at radius 2 is 2.19 bits per heavy atom. The highest BCUT2D eigenvalue weighted by molar-refractivity contribution is 5.93. The first-order chi connectivity index (χ1) is 9.85. The maximum atomic E-state index is 12.1. The minimum atomic E-state index is -0.930. The molecule has 116 valence electrons. The topological polar surface area (TPSA) is 114 Å². The van der Waals surface area contributed by atoms with Gasteiger partial charge in [0.1, 0.15) is 5.69 Å². The lowest BCUT2D eigenvalue weighted by Crippen LogP contribution is -2.34. The third kappa shape index (κ3) is 4.90. The van der Waals surface area contributed by atoms with Gasteiger partial charge in [0.05, 0.1) is 11.1 Å². The number of hydrogen-bond donors (Lipinski definition) is 2. The first-order valence-electron chi connectivity index (χ1n) is 6.72. The molecule has 0 aliphatic heterocycles. The summed E-state index contributed by atoms with van der Waals surface area (Å²) < 4.78 is 1.54. The maximum absolute atomic E-state index is 12.1. The molecule has 0 radical (unpaired) electrons. The molecule has 0 fully saturated rings. The van der Waals surface area contributed by atoms with Gasteiger partial charge in [0.2, 0.25) is 0 Å². The summed E-state index contributed by atoms with van der Waals surface area (Å²) in [5.41, 5.74) is 0.0810. The number of amides is 1. The van der Waals surface area contributed by atoms with Crippen molar-refractivity contribution in [2.24, 2.45) is 0 Å². The van der Waals surface area contributed by atoms with E-state index in [-0.39, 0.29) is 23.8 Å². The van der Waals surface area contributed by atoms with Crippen LogP contribution < -0.4 is 5.32 Å². The van der Waals surface area contributed by atoms with Crippen molar-refractivity contribution < 1.29 is 19.6 Å². The van der Waals surface area contributed by atoms with Crippen molar-refractivity contribution in [2.75, 3.05) is 0 Å². The number of carbonyl (C=O) groups is 2. The highest BCUT2D eigenvalue weighted by Gasteiger charge is 2.20. The normalized spacial score (nSPS) is 11.9. The summed E-state index contributed by atoms with van der Waals surface area (Å²) in [7, 11) is 0. The molecule has 0 bridgehead atoms. The maximum Gasteiger partial charge on any atom is 0.303 e. The number of aliphatic carboxylic acids is 1. The molecule has 0 aliphatic rings. The smallest absolute Gasteiger partial charge is 0.303 e. The average molecular weight is 297 g/mol. The number of aryl methyl sites for hydroxylation is 1. The van der Waals surface area contributed by atoms with E-state index in [0.717, 1.165) is 6.42 Å². The van der Waals surface area contributed by atoms with Gasteiger partial charge >= 0.3 is 5.97 Å². The van der Waals surface area contributed by atoms with E-state index in [9.17, 15) is 19.7 Å². The number of carboxylic acids is 1. The molecule has 1 rings (SSSR count). The van der Waals surface area contributed by atoms with Gasteiger partial charge in [-0.2, -0.15) is 0 Å². The molecular weight excluding hydrogens is 278 g/mol.